The van der Waals surface area contributed by atoms with Crippen LogP contribution < -0.4 is 5.32 Å². The van der Waals surface area contributed by atoms with Gasteiger partial charge in [-0.3, -0.25) is 24.3 Å². The van der Waals surface area contributed by atoms with Crippen molar-refractivity contribution in [1.29, 1.82) is 0 Å². The first-order chi connectivity index (χ1) is 13.5. The molecular weight excluding hydrogens is 360 g/mol. The Morgan fingerprint density at radius 2 is 2.04 bits per heavy atom. The van der Waals surface area contributed by atoms with E-state index >= 15 is 0 Å². The Bertz CT molecular complexity index is 971. The number of imide groups is 1. The number of rotatable bonds is 4. The molecule has 1 N–H and O–H groups in total. The van der Waals surface area contributed by atoms with E-state index in [1.165, 1.54) is 7.05 Å². The molecule has 0 bridgehead atoms. The van der Waals surface area contributed by atoms with E-state index in [1.807, 2.05) is 6.07 Å². The quantitative estimate of drug-likeness (QED) is 0.785. The number of amides is 3. The molecule has 0 saturated carbocycles. The fourth-order valence-electron chi connectivity index (χ4n) is 3.37. The van der Waals surface area contributed by atoms with Crippen LogP contribution in [0, 0.1) is 0 Å². The number of aromatic nitrogens is 3. The molecule has 0 aliphatic carbocycles. The number of hydrogen-bond donors (Lipinski definition) is 1. The smallest absolute Gasteiger partial charge is 0.277 e. The molecule has 0 aromatic carbocycles. The van der Waals surface area contributed by atoms with E-state index in [0.29, 0.717) is 35.7 Å². The molecule has 9 nitrogen and oxygen atoms in total. The minimum absolute atomic E-state index is 0.0300. The van der Waals surface area contributed by atoms with Crippen molar-refractivity contribution in [3.8, 4) is 11.3 Å². The van der Waals surface area contributed by atoms with E-state index in [1.54, 1.807) is 35.5 Å². The second-order valence-corrected chi connectivity index (χ2v) is 6.62. The van der Waals surface area contributed by atoms with Crippen LogP contribution in [0.4, 0.5) is 5.82 Å². The summed E-state index contributed by atoms with van der Waals surface area (Å²) < 4.78 is 0. The zero-order valence-electron chi connectivity index (χ0n) is 15.3. The molecule has 0 radical (unpaired) electrons. The lowest BCUT2D eigenvalue weighted by atomic mass is 10.0. The SMILES string of the molecule is CN1C(=O)C2=C(C1=O)N(CC(=O)Nc1ccc(-c3cccnc3)nn1)CCC2. The molecule has 0 atom stereocenters. The second-order valence-electron chi connectivity index (χ2n) is 6.62. The van der Waals surface area contributed by atoms with Gasteiger partial charge in [0.25, 0.3) is 11.8 Å². The van der Waals surface area contributed by atoms with E-state index in [9.17, 15) is 14.4 Å². The topological polar surface area (TPSA) is 108 Å². The largest absolute Gasteiger partial charge is 0.357 e. The van der Waals surface area contributed by atoms with Crippen molar-refractivity contribution >= 4 is 23.5 Å². The Kier molecular flexibility index (Phi) is 4.56. The van der Waals surface area contributed by atoms with Gasteiger partial charge in [-0.05, 0) is 37.1 Å². The van der Waals surface area contributed by atoms with Gasteiger partial charge < -0.3 is 10.2 Å². The molecule has 2 aliphatic heterocycles. The summed E-state index contributed by atoms with van der Waals surface area (Å²) in [6.07, 6.45) is 4.64. The zero-order valence-corrected chi connectivity index (χ0v) is 15.3. The van der Waals surface area contributed by atoms with E-state index < -0.39 is 0 Å². The van der Waals surface area contributed by atoms with Gasteiger partial charge in [0, 0.05) is 37.1 Å². The third-order valence-corrected chi connectivity index (χ3v) is 4.75. The number of carbonyl (C=O) groups is 3. The van der Waals surface area contributed by atoms with Crippen LogP contribution in [-0.2, 0) is 14.4 Å². The van der Waals surface area contributed by atoms with E-state index in [0.717, 1.165) is 16.9 Å². The highest BCUT2D eigenvalue weighted by Crippen LogP contribution is 2.30. The summed E-state index contributed by atoms with van der Waals surface area (Å²) in [5, 5.41) is 10.8. The first kappa shape index (κ1) is 17.8. The highest BCUT2D eigenvalue weighted by atomic mass is 16.2. The van der Waals surface area contributed by atoms with Crippen LogP contribution in [0.2, 0.25) is 0 Å². The van der Waals surface area contributed by atoms with Crippen molar-refractivity contribution in [2.75, 3.05) is 25.5 Å². The van der Waals surface area contributed by atoms with Crippen LogP contribution >= 0.6 is 0 Å². The van der Waals surface area contributed by atoms with Crippen molar-refractivity contribution in [3.63, 3.8) is 0 Å². The average molecular weight is 378 g/mol. The first-order valence-corrected chi connectivity index (χ1v) is 8.89. The van der Waals surface area contributed by atoms with Gasteiger partial charge in [0.15, 0.2) is 5.82 Å². The highest BCUT2D eigenvalue weighted by Gasteiger charge is 2.40. The molecule has 28 heavy (non-hydrogen) atoms. The Morgan fingerprint density at radius 3 is 2.75 bits per heavy atom. The maximum atomic E-state index is 12.4. The van der Waals surface area contributed by atoms with E-state index in [4.69, 9.17) is 0 Å². The fraction of sp³-hybridized carbons (Fsp3) is 0.263. The average Bonchev–Trinajstić information content (AvgIpc) is 2.94. The predicted molar refractivity (Wildman–Crippen MR) is 99.5 cm³/mol. The molecule has 3 amide bonds. The number of likely N-dealkylation sites (N-methyl/N-ethyl adjacent to an activating group) is 1. The van der Waals surface area contributed by atoms with Gasteiger partial charge in [-0.15, -0.1) is 10.2 Å². The van der Waals surface area contributed by atoms with Crippen LogP contribution in [0.3, 0.4) is 0 Å². The van der Waals surface area contributed by atoms with Gasteiger partial charge in [-0.1, -0.05) is 0 Å². The van der Waals surface area contributed by atoms with Gasteiger partial charge in [0.2, 0.25) is 5.91 Å². The summed E-state index contributed by atoms with van der Waals surface area (Å²) in [5.41, 5.74) is 2.31. The summed E-state index contributed by atoms with van der Waals surface area (Å²) >= 11 is 0. The van der Waals surface area contributed by atoms with Gasteiger partial charge in [0.1, 0.15) is 5.70 Å². The van der Waals surface area contributed by atoms with Crippen LogP contribution in [0.15, 0.2) is 47.9 Å². The number of nitrogens with zero attached hydrogens (tertiary/aromatic N) is 5. The third-order valence-electron chi connectivity index (χ3n) is 4.75. The molecule has 2 aromatic heterocycles. The number of carbonyl (C=O) groups excluding carboxylic acids is 3. The molecule has 0 unspecified atom stereocenters. The number of hydrogen-bond acceptors (Lipinski definition) is 7. The fourth-order valence-corrected chi connectivity index (χ4v) is 3.37. The third kappa shape index (κ3) is 3.22. The van der Waals surface area contributed by atoms with Crippen LogP contribution in [0.1, 0.15) is 12.8 Å². The van der Waals surface area contributed by atoms with Crippen molar-refractivity contribution in [2.45, 2.75) is 12.8 Å². The summed E-state index contributed by atoms with van der Waals surface area (Å²) in [4.78, 5) is 43.7. The monoisotopic (exact) mass is 378 g/mol. The van der Waals surface area contributed by atoms with Crippen LogP contribution in [0.25, 0.3) is 11.3 Å². The lowest BCUT2D eigenvalue weighted by Crippen LogP contribution is -2.38. The molecule has 2 aromatic rings. The Balaban J connectivity index is 1.43. The molecule has 0 fully saturated rings. The first-order valence-electron chi connectivity index (χ1n) is 8.89. The van der Waals surface area contributed by atoms with Gasteiger partial charge >= 0.3 is 0 Å². The van der Waals surface area contributed by atoms with Crippen molar-refractivity contribution in [1.82, 2.24) is 25.0 Å². The number of nitrogens with one attached hydrogen (secondary N) is 1. The van der Waals surface area contributed by atoms with Gasteiger partial charge in [-0.2, -0.15) is 0 Å². The van der Waals surface area contributed by atoms with Crippen LogP contribution in [-0.4, -0.2) is 62.8 Å². The predicted octanol–water partition coefficient (Wildman–Crippen LogP) is 0.826. The van der Waals surface area contributed by atoms with Crippen molar-refractivity contribution in [3.05, 3.63) is 47.9 Å². The Hall–Kier alpha value is -3.62. The second kappa shape index (κ2) is 7.18. The minimum Gasteiger partial charge on any atom is -0.357 e. The molecular formula is C19H18N6O3. The minimum atomic E-state index is -0.354. The highest BCUT2D eigenvalue weighted by molar-refractivity contribution is 6.19. The van der Waals surface area contributed by atoms with Gasteiger partial charge in [0.05, 0.1) is 12.2 Å². The lowest BCUT2D eigenvalue weighted by Gasteiger charge is -2.28. The molecule has 142 valence electrons. The number of pyridine rings is 1. The summed E-state index contributed by atoms with van der Waals surface area (Å²) in [6, 6.07) is 7.08. The normalized spacial score (nSPS) is 16.5. The maximum absolute atomic E-state index is 12.4. The summed E-state index contributed by atoms with van der Waals surface area (Å²) in [7, 11) is 1.46. The van der Waals surface area contributed by atoms with Crippen LogP contribution in [0.5, 0.6) is 0 Å². The number of anilines is 1. The molecule has 4 rings (SSSR count). The lowest BCUT2D eigenvalue weighted by molar-refractivity contribution is -0.136. The molecule has 0 saturated heterocycles. The maximum Gasteiger partial charge on any atom is 0.277 e. The zero-order chi connectivity index (χ0) is 19.7. The Labute approximate surface area is 161 Å². The van der Waals surface area contributed by atoms with E-state index in [-0.39, 0.29) is 24.3 Å². The summed E-state index contributed by atoms with van der Waals surface area (Å²) in [6.45, 7) is 0.516. The van der Waals surface area contributed by atoms with Crippen molar-refractivity contribution < 1.29 is 14.4 Å². The molecule has 9 heteroatoms. The molecule has 2 aliphatic rings. The molecule has 0 spiro atoms. The van der Waals surface area contributed by atoms with Gasteiger partial charge in [-0.25, -0.2) is 0 Å². The van der Waals surface area contributed by atoms with Crippen molar-refractivity contribution in [2.24, 2.45) is 0 Å². The standard InChI is InChI=1S/C19H18N6O3/c1-24-18(27)13-5-3-9-25(17(13)19(24)28)11-16(26)21-15-7-6-14(22-23-15)12-4-2-8-20-10-12/h2,4,6-8,10H,3,5,9,11H2,1H3,(H,21,23,26). The van der Waals surface area contributed by atoms with E-state index in [2.05, 4.69) is 20.5 Å². The molecule has 4 heterocycles. The Morgan fingerprint density at radius 1 is 1.18 bits per heavy atom. The summed E-state index contributed by atoms with van der Waals surface area (Å²) in [5.74, 6) is -0.642.